The third kappa shape index (κ3) is 3.28. The normalized spacial score (nSPS) is 16.2. The number of likely N-dealkylation sites (tertiary alicyclic amines) is 1. The highest BCUT2D eigenvalue weighted by atomic mass is 16.4. The number of aliphatic carboxylic acids is 1. The standard InChI is InChI=1S/C16H24N2O3/c1-4-18-11(2)9-14(12(18)3)16(21)17-7-5-13(6-8-17)10-15(19)20/h9,13H,4-8,10H2,1-3H3,(H,19,20). The lowest BCUT2D eigenvalue weighted by atomic mass is 9.93. The Morgan fingerprint density at radius 1 is 1.29 bits per heavy atom. The predicted molar refractivity (Wildman–Crippen MR) is 80.5 cm³/mol. The molecule has 0 spiro atoms. The number of carboxylic acid groups (broad SMARTS) is 1. The molecule has 116 valence electrons. The summed E-state index contributed by atoms with van der Waals surface area (Å²) in [6, 6.07) is 1.96. The fourth-order valence-corrected chi connectivity index (χ4v) is 3.26. The number of nitrogens with zero attached hydrogens (tertiary/aromatic N) is 2. The summed E-state index contributed by atoms with van der Waals surface area (Å²) in [6.45, 7) is 8.27. The Balaban J connectivity index is 2.04. The second-order valence-electron chi connectivity index (χ2n) is 5.86. The van der Waals surface area contributed by atoms with Gasteiger partial charge in [-0.1, -0.05) is 0 Å². The van der Waals surface area contributed by atoms with Crippen LogP contribution in [0.4, 0.5) is 0 Å². The summed E-state index contributed by atoms with van der Waals surface area (Å²) in [5, 5.41) is 8.83. The van der Waals surface area contributed by atoms with Gasteiger partial charge in [0, 0.05) is 37.4 Å². The van der Waals surface area contributed by atoms with Crippen molar-refractivity contribution in [1.29, 1.82) is 0 Å². The molecule has 5 nitrogen and oxygen atoms in total. The summed E-state index contributed by atoms with van der Waals surface area (Å²) < 4.78 is 2.14. The summed E-state index contributed by atoms with van der Waals surface area (Å²) in [7, 11) is 0. The number of rotatable bonds is 4. The van der Waals surface area contributed by atoms with Crippen LogP contribution in [0.3, 0.4) is 0 Å². The van der Waals surface area contributed by atoms with E-state index in [0.717, 1.165) is 36.3 Å². The molecule has 0 bridgehead atoms. The molecule has 1 aromatic heterocycles. The van der Waals surface area contributed by atoms with Crippen LogP contribution in [-0.2, 0) is 11.3 Å². The highest BCUT2D eigenvalue weighted by Gasteiger charge is 2.26. The summed E-state index contributed by atoms with van der Waals surface area (Å²) in [4.78, 5) is 25.2. The molecule has 1 fully saturated rings. The molecular formula is C16H24N2O3. The summed E-state index contributed by atoms with van der Waals surface area (Å²) in [5.41, 5.74) is 2.91. The topological polar surface area (TPSA) is 62.5 Å². The first kappa shape index (κ1) is 15.6. The lowest BCUT2D eigenvalue weighted by molar-refractivity contribution is -0.138. The largest absolute Gasteiger partial charge is 0.481 e. The molecule has 21 heavy (non-hydrogen) atoms. The van der Waals surface area contributed by atoms with Gasteiger partial charge < -0.3 is 14.6 Å². The van der Waals surface area contributed by atoms with Gasteiger partial charge in [0.25, 0.3) is 5.91 Å². The van der Waals surface area contributed by atoms with Gasteiger partial charge in [-0.3, -0.25) is 9.59 Å². The maximum Gasteiger partial charge on any atom is 0.303 e. The van der Waals surface area contributed by atoms with Crippen molar-refractivity contribution in [3.05, 3.63) is 23.0 Å². The molecule has 1 N–H and O–H groups in total. The number of aryl methyl sites for hydroxylation is 1. The predicted octanol–water partition coefficient (Wildman–Crippen LogP) is 2.45. The fraction of sp³-hybridized carbons (Fsp3) is 0.625. The summed E-state index contributed by atoms with van der Waals surface area (Å²) in [5.74, 6) is -0.461. The number of hydrogen-bond acceptors (Lipinski definition) is 2. The van der Waals surface area contributed by atoms with Gasteiger partial charge in [-0.2, -0.15) is 0 Å². The van der Waals surface area contributed by atoms with E-state index in [1.165, 1.54) is 0 Å². The Hall–Kier alpha value is -1.78. The van der Waals surface area contributed by atoms with E-state index in [-0.39, 0.29) is 18.2 Å². The smallest absolute Gasteiger partial charge is 0.303 e. The van der Waals surface area contributed by atoms with Gasteiger partial charge in [0.1, 0.15) is 0 Å². The van der Waals surface area contributed by atoms with Crippen molar-refractivity contribution < 1.29 is 14.7 Å². The van der Waals surface area contributed by atoms with Gasteiger partial charge in [-0.25, -0.2) is 0 Å². The monoisotopic (exact) mass is 292 g/mol. The average molecular weight is 292 g/mol. The zero-order valence-electron chi connectivity index (χ0n) is 13.1. The van der Waals surface area contributed by atoms with Crippen LogP contribution in [0.25, 0.3) is 0 Å². The fourth-order valence-electron chi connectivity index (χ4n) is 3.26. The minimum Gasteiger partial charge on any atom is -0.481 e. The minimum absolute atomic E-state index is 0.0802. The van der Waals surface area contributed by atoms with Crippen LogP contribution in [0.1, 0.15) is 47.9 Å². The third-order valence-electron chi connectivity index (χ3n) is 4.49. The molecule has 0 atom stereocenters. The maximum atomic E-state index is 12.6. The third-order valence-corrected chi connectivity index (χ3v) is 4.49. The van der Waals surface area contributed by atoms with Crippen LogP contribution in [0.2, 0.25) is 0 Å². The molecule has 1 aliphatic rings. The highest BCUT2D eigenvalue weighted by molar-refractivity contribution is 5.95. The molecule has 0 saturated carbocycles. The molecule has 0 aliphatic carbocycles. The van der Waals surface area contributed by atoms with Gasteiger partial charge in [0.15, 0.2) is 0 Å². The van der Waals surface area contributed by atoms with Crippen LogP contribution in [0, 0.1) is 19.8 Å². The molecular weight excluding hydrogens is 268 g/mol. The zero-order chi connectivity index (χ0) is 15.6. The highest BCUT2D eigenvalue weighted by Crippen LogP contribution is 2.23. The molecule has 0 aromatic carbocycles. The molecule has 5 heteroatoms. The summed E-state index contributed by atoms with van der Waals surface area (Å²) in [6.07, 6.45) is 1.78. The maximum absolute atomic E-state index is 12.6. The molecule has 1 aromatic rings. The van der Waals surface area contributed by atoms with Gasteiger partial charge in [-0.15, -0.1) is 0 Å². The Morgan fingerprint density at radius 3 is 2.38 bits per heavy atom. The first-order valence-electron chi connectivity index (χ1n) is 7.61. The van der Waals surface area contributed by atoms with Crippen molar-refractivity contribution in [3.8, 4) is 0 Å². The van der Waals surface area contributed by atoms with E-state index in [1.807, 2.05) is 24.8 Å². The number of carboxylic acids is 1. The Labute approximate surface area is 125 Å². The number of carbonyl (C=O) groups excluding carboxylic acids is 1. The van der Waals surface area contributed by atoms with Crippen molar-refractivity contribution in [2.24, 2.45) is 5.92 Å². The van der Waals surface area contributed by atoms with Gasteiger partial charge in [0.2, 0.25) is 0 Å². The van der Waals surface area contributed by atoms with E-state index < -0.39 is 5.97 Å². The molecule has 2 heterocycles. The van der Waals surface area contributed by atoms with Gasteiger partial charge >= 0.3 is 5.97 Å². The quantitative estimate of drug-likeness (QED) is 0.927. The summed E-state index contributed by atoms with van der Waals surface area (Å²) >= 11 is 0. The lowest BCUT2D eigenvalue weighted by Crippen LogP contribution is -2.39. The second kappa shape index (κ2) is 6.33. The first-order chi connectivity index (χ1) is 9.93. The van der Waals surface area contributed by atoms with E-state index in [9.17, 15) is 9.59 Å². The molecule has 0 radical (unpaired) electrons. The molecule has 0 unspecified atom stereocenters. The van der Waals surface area contributed by atoms with E-state index in [1.54, 1.807) is 0 Å². The van der Waals surface area contributed by atoms with E-state index in [4.69, 9.17) is 5.11 Å². The van der Waals surface area contributed by atoms with Crippen LogP contribution in [-0.4, -0.2) is 39.5 Å². The number of aromatic nitrogens is 1. The Morgan fingerprint density at radius 2 is 1.90 bits per heavy atom. The molecule has 1 saturated heterocycles. The molecule has 1 amide bonds. The van der Waals surface area contributed by atoms with Crippen molar-refractivity contribution in [3.63, 3.8) is 0 Å². The SMILES string of the molecule is CCn1c(C)cc(C(=O)N2CCC(CC(=O)O)CC2)c1C. The van der Waals surface area contributed by atoms with Crippen LogP contribution in [0.5, 0.6) is 0 Å². The van der Waals surface area contributed by atoms with E-state index in [2.05, 4.69) is 11.5 Å². The van der Waals surface area contributed by atoms with Crippen LogP contribution in [0.15, 0.2) is 6.07 Å². The van der Waals surface area contributed by atoms with Crippen molar-refractivity contribution in [1.82, 2.24) is 9.47 Å². The second-order valence-corrected chi connectivity index (χ2v) is 5.86. The van der Waals surface area contributed by atoms with Crippen LogP contribution < -0.4 is 0 Å². The van der Waals surface area contributed by atoms with Gasteiger partial charge in [-0.05, 0) is 45.6 Å². The van der Waals surface area contributed by atoms with Crippen molar-refractivity contribution in [2.45, 2.75) is 46.6 Å². The number of amides is 1. The van der Waals surface area contributed by atoms with Crippen molar-refractivity contribution >= 4 is 11.9 Å². The average Bonchev–Trinajstić information content (AvgIpc) is 2.73. The minimum atomic E-state index is -0.744. The number of piperidine rings is 1. The molecule has 1 aliphatic heterocycles. The van der Waals surface area contributed by atoms with Gasteiger partial charge in [0.05, 0.1) is 5.56 Å². The van der Waals surface area contributed by atoms with E-state index >= 15 is 0 Å². The molecule has 2 rings (SSSR count). The number of carbonyl (C=O) groups is 2. The van der Waals surface area contributed by atoms with E-state index in [0.29, 0.717) is 13.1 Å². The van der Waals surface area contributed by atoms with Crippen LogP contribution >= 0.6 is 0 Å². The number of hydrogen-bond donors (Lipinski definition) is 1. The first-order valence-corrected chi connectivity index (χ1v) is 7.61. The Bertz CT molecular complexity index is 540. The van der Waals surface area contributed by atoms with Crippen molar-refractivity contribution in [2.75, 3.05) is 13.1 Å². The zero-order valence-corrected chi connectivity index (χ0v) is 13.1. The lowest BCUT2D eigenvalue weighted by Gasteiger charge is -2.31. The Kier molecular flexibility index (Phi) is 4.70.